The lowest BCUT2D eigenvalue weighted by molar-refractivity contribution is -0.125. The molecule has 0 radical (unpaired) electrons. The van der Waals surface area contributed by atoms with Gasteiger partial charge < -0.3 is 9.73 Å². The summed E-state index contributed by atoms with van der Waals surface area (Å²) < 4.78 is 53.8. The zero-order chi connectivity index (χ0) is 13.3. The van der Waals surface area contributed by atoms with Gasteiger partial charge in [0.25, 0.3) is 0 Å². The van der Waals surface area contributed by atoms with E-state index in [1.807, 2.05) is 0 Å². The average molecular weight is 283 g/mol. The summed E-state index contributed by atoms with van der Waals surface area (Å²) in [6.07, 6.45) is -4.30. The summed E-state index contributed by atoms with van der Waals surface area (Å²) in [5.41, 5.74) is 0.436. The Bertz CT molecular complexity index is 528. The van der Waals surface area contributed by atoms with E-state index in [-0.39, 0.29) is 23.0 Å². The van der Waals surface area contributed by atoms with Gasteiger partial charge in [0.1, 0.15) is 11.3 Å². The predicted octanol–water partition coefficient (Wildman–Crippen LogP) is 3.27. The minimum atomic E-state index is -4.30. The second-order valence-corrected chi connectivity index (χ2v) is 3.97. The summed E-state index contributed by atoms with van der Waals surface area (Å²) in [6, 6.07) is 2.29. The number of fused-ring (bicyclic) bond motifs is 1. The Morgan fingerprint density at radius 2 is 2.06 bits per heavy atom. The van der Waals surface area contributed by atoms with Gasteiger partial charge in [0, 0.05) is 6.07 Å². The van der Waals surface area contributed by atoms with Crippen molar-refractivity contribution >= 4 is 22.7 Å². The van der Waals surface area contributed by atoms with Gasteiger partial charge in [-0.15, -0.1) is 0 Å². The van der Waals surface area contributed by atoms with Gasteiger partial charge in [0.15, 0.2) is 5.58 Å². The van der Waals surface area contributed by atoms with Crippen LogP contribution < -0.4 is 5.32 Å². The third-order valence-corrected chi connectivity index (χ3v) is 2.37. The third-order valence-electron chi connectivity index (χ3n) is 2.08. The summed E-state index contributed by atoms with van der Waals surface area (Å²) in [5.74, 6) is -0.633. The number of nitrogens with zero attached hydrogens (tertiary/aromatic N) is 1. The van der Waals surface area contributed by atoms with Crippen LogP contribution in [-0.4, -0.2) is 17.7 Å². The third kappa shape index (κ3) is 3.11. The first-order chi connectivity index (χ1) is 8.35. The highest BCUT2D eigenvalue weighted by Crippen LogP contribution is 2.23. The van der Waals surface area contributed by atoms with Gasteiger partial charge in [0.05, 0.1) is 18.1 Å². The second-order valence-electron chi connectivity index (χ2n) is 3.56. The average Bonchev–Trinajstić information content (AvgIpc) is 2.58. The molecule has 2 aromatic rings. The molecule has 2 rings (SSSR count). The fraction of sp³-hybridized carbons (Fsp3) is 0.300. The molecule has 0 amide bonds. The van der Waals surface area contributed by atoms with E-state index in [0.717, 1.165) is 6.07 Å². The number of halogens is 5. The molecule has 0 saturated heterocycles. The van der Waals surface area contributed by atoms with Crippen LogP contribution >= 0.6 is 11.6 Å². The molecule has 8 heteroatoms. The molecule has 0 spiro atoms. The fourth-order valence-corrected chi connectivity index (χ4v) is 1.52. The molecule has 0 aliphatic carbocycles. The number of benzene rings is 1. The van der Waals surface area contributed by atoms with E-state index in [1.165, 1.54) is 6.07 Å². The highest BCUT2D eigenvalue weighted by atomic mass is 35.5. The SMILES string of the molecule is Fc1cc2oc(CNCC(F)(F)F)nc2cc1Cl. The molecule has 0 fully saturated rings. The number of hydrogen-bond acceptors (Lipinski definition) is 3. The van der Waals surface area contributed by atoms with Crippen molar-refractivity contribution < 1.29 is 22.0 Å². The number of alkyl halides is 3. The maximum atomic E-state index is 13.1. The van der Waals surface area contributed by atoms with Crippen molar-refractivity contribution in [2.75, 3.05) is 6.54 Å². The Morgan fingerprint density at radius 3 is 2.72 bits per heavy atom. The molecule has 0 aliphatic heterocycles. The maximum absolute atomic E-state index is 13.1. The molecule has 98 valence electrons. The maximum Gasteiger partial charge on any atom is 0.401 e. The van der Waals surface area contributed by atoms with Crippen LogP contribution in [0.25, 0.3) is 11.1 Å². The fourth-order valence-electron chi connectivity index (χ4n) is 1.36. The quantitative estimate of drug-likeness (QED) is 0.878. The van der Waals surface area contributed by atoms with E-state index in [4.69, 9.17) is 16.0 Å². The molecule has 0 atom stereocenters. The number of nitrogens with one attached hydrogen (secondary N) is 1. The van der Waals surface area contributed by atoms with Gasteiger partial charge in [-0.25, -0.2) is 9.37 Å². The Balaban J connectivity index is 2.11. The lowest BCUT2D eigenvalue weighted by Gasteiger charge is -2.05. The normalized spacial score (nSPS) is 12.3. The lowest BCUT2D eigenvalue weighted by atomic mass is 10.3. The molecule has 1 N–H and O–H groups in total. The summed E-state index contributed by atoms with van der Waals surface area (Å²) in [4.78, 5) is 3.89. The summed E-state index contributed by atoms with van der Waals surface area (Å²) in [5, 5.41) is 2.00. The Kier molecular flexibility index (Phi) is 3.45. The highest BCUT2D eigenvalue weighted by molar-refractivity contribution is 6.31. The Labute approximate surface area is 104 Å². The van der Waals surface area contributed by atoms with Gasteiger partial charge >= 0.3 is 6.18 Å². The van der Waals surface area contributed by atoms with Crippen molar-refractivity contribution in [3.8, 4) is 0 Å². The number of rotatable bonds is 3. The van der Waals surface area contributed by atoms with E-state index < -0.39 is 18.5 Å². The highest BCUT2D eigenvalue weighted by Gasteiger charge is 2.26. The number of oxazole rings is 1. The first-order valence-electron chi connectivity index (χ1n) is 4.87. The largest absolute Gasteiger partial charge is 0.439 e. The zero-order valence-corrected chi connectivity index (χ0v) is 9.57. The molecule has 18 heavy (non-hydrogen) atoms. The van der Waals surface area contributed by atoms with Gasteiger partial charge in [-0.2, -0.15) is 13.2 Å². The van der Waals surface area contributed by atoms with Crippen LogP contribution in [-0.2, 0) is 6.54 Å². The first-order valence-corrected chi connectivity index (χ1v) is 5.25. The van der Waals surface area contributed by atoms with Crippen molar-refractivity contribution in [3.63, 3.8) is 0 Å². The number of hydrogen-bond donors (Lipinski definition) is 1. The van der Waals surface area contributed by atoms with Crippen molar-refractivity contribution in [3.05, 3.63) is 28.9 Å². The lowest BCUT2D eigenvalue weighted by Crippen LogP contribution is -2.28. The molecule has 0 saturated carbocycles. The predicted molar refractivity (Wildman–Crippen MR) is 56.7 cm³/mol. The van der Waals surface area contributed by atoms with E-state index in [9.17, 15) is 17.6 Å². The van der Waals surface area contributed by atoms with E-state index >= 15 is 0 Å². The van der Waals surface area contributed by atoms with Gasteiger partial charge in [-0.3, -0.25) is 0 Å². The Morgan fingerprint density at radius 1 is 1.33 bits per heavy atom. The molecule has 0 unspecified atom stereocenters. The van der Waals surface area contributed by atoms with Crippen LogP contribution in [0.1, 0.15) is 5.89 Å². The molecular formula is C10H7ClF4N2O. The molecule has 3 nitrogen and oxygen atoms in total. The standard InChI is InChI=1S/C10H7ClF4N2O/c11-5-1-7-8(2-6(5)12)18-9(17-7)3-16-4-10(13,14)15/h1-2,16H,3-4H2. The topological polar surface area (TPSA) is 38.1 Å². The van der Waals surface area contributed by atoms with Crippen LogP contribution in [0.15, 0.2) is 16.5 Å². The van der Waals surface area contributed by atoms with Crippen LogP contribution in [0.4, 0.5) is 17.6 Å². The van der Waals surface area contributed by atoms with Gasteiger partial charge in [-0.1, -0.05) is 11.6 Å². The van der Waals surface area contributed by atoms with E-state index in [2.05, 4.69) is 10.3 Å². The summed E-state index contributed by atoms with van der Waals surface area (Å²) in [7, 11) is 0. The van der Waals surface area contributed by atoms with Crippen LogP contribution in [0.5, 0.6) is 0 Å². The van der Waals surface area contributed by atoms with Crippen LogP contribution in [0, 0.1) is 5.82 Å². The molecule has 1 aromatic heterocycles. The van der Waals surface area contributed by atoms with Crippen molar-refractivity contribution in [1.29, 1.82) is 0 Å². The Hall–Kier alpha value is -1.34. The van der Waals surface area contributed by atoms with Crippen molar-refractivity contribution in [2.24, 2.45) is 0 Å². The summed E-state index contributed by atoms with van der Waals surface area (Å²) >= 11 is 5.54. The minimum absolute atomic E-state index is 0.0379. The zero-order valence-electron chi connectivity index (χ0n) is 8.81. The van der Waals surface area contributed by atoms with Crippen LogP contribution in [0.2, 0.25) is 5.02 Å². The minimum Gasteiger partial charge on any atom is -0.439 e. The smallest absolute Gasteiger partial charge is 0.401 e. The molecule has 0 aliphatic rings. The number of aromatic nitrogens is 1. The van der Waals surface area contributed by atoms with E-state index in [1.54, 1.807) is 0 Å². The molecule has 1 heterocycles. The van der Waals surface area contributed by atoms with Crippen molar-refractivity contribution in [1.82, 2.24) is 10.3 Å². The molecule has 0 bridgehead atoms. The molecular weight excluding hydrogens is 276 g/mol. The van der Waals surface area contributed by atoms with Crippen LogP contribution in [0.3, 0.4) is 0 Å². The van der Waals surface area contributed by atoms with E-state index in [0.29, 0.717) is 5.52 Å². The van der Waals surface area contributed by atoms with Gasteiger partial charge in [-0.05, 0) is 6.07 Å². The first kappa shape index (κ1) is 13.1. The summed E-state index contributed by atoms with van der Waals surface area (Å²) in [6.45, 7) is -1.35. The van der Waals surface area contributed by atoms with Crippen molar-refractivity contribution in [2.45, 2.75) is 12.7 Å². The molecule has 1 aromatic carbocycles. The monoisotopic (exact) mass is 282 g/mol. The second kappa shape index (κ2) is 4.74. The van der Waals surface area contributed by atoms with Gasteiger partial charge in [0.2, 0.25) is 5.89 Å².